The number of aliphatic carboxylic acids is 1. The van der Waals surface area contributed by atoms with Gasteiger partial charge in [0.05, 0.1) is 0 Å². The molecule has 1 aromatic rings. The van der Waals surface area contributed by atoms with Crippen LogP contribution < -0.4 is 0 Å². The van der Waals surface area contributed by atoms with E-state index in [9.17, 15) is 19.5 Å². The number of nitrogens with zero attached hydrogens (tertiary/aromatic N) is 2. The van der Waals surface area contributed by atoms with Crippen molar-refractivity contribution in [3.63, 3.8) is 0 Å². The zero-order chi connectivity index (χ0) is 18.6. The number of hydrazine groups is 1. The summed E-state index contributed by atoms with van der Waals surface area (Å²) in [6.07, 6.45) is -1.58. The minimum Gasteiger partial charge on any atom is -0.480 e. The highest BCUT2D eigenvalue weighted by atomic mass is 16.6. The summed E-state index contributed by atoms with van der Waals surface area (Å²) < 4.78 is 10.4. The van der Waals surface area contributed by atoms with Gasteiger partial charge in [-0.25, -0.2) is 19.4 Å². The molecule has 0 aromatic heterocycles. The molecule has 0 spiro atoms. The van der Waals surface area contributed by atoms with Crippen LogP contribution >= 0.6 is 0 Å². The molecular weight excluding hydrogens is 328 g/mol. The van der Waals surface area contributed by atoms with Crippen LogP contribution in [0.4, 0.5) is 9.59 Å². The summed E-state index contributed by atoms with van der Waals surface area (Å²) in [5.41, 5.74) is -0.0313. The van der Waals surface area contributed by atoms with E-state index in [2.05, 4.69) is 0 Å². The lowest BCUT2D eigenvalue weighted by Gasteiger charge is -2.31. The third-order valence-corrected chi connectivity index (χ3v) is 3.45. The Hall–Kier alpha value is -2.77. The molecule has 2 amide bonds. The highest BCUT2D eigenvalue weighted by Crippen LogP contribution is 2.23. The van der Waals surface area contributed by atoms with Crippen LogP contribution in [0.15, 0.2) is 30.3 Å². The molecule has 1 N–H and O–H groups in total. The molecule has 1 saturated heterocycles. The van der Waals surface area contributed by atoms with Gasteiger partial charge in [-0.3, -0.25) is 0 Å². The van der Waals surface area contributed by atoms with Gasteiger partial charge in [0, 0.05) is 13.0 Å². The molecule has 1 aromatic carbocycles. The zero-order valence-electron chi connectivity index (χ0n) is 14.5. The summed E-state index contributed by atoms with van der Waals surface area (Å²) in [6.45, 7) is 5.07. The summed E-state index contributed by atoms with van der Waals surface area (Å²) in [5.74, 6) is -1.20. The fraction of sp³-hybridized carbons (Fsp3) is 0.471. The van der Waals surface area contributed by atoms with Gasteiger partial charge >= 0.3 is 18.2 Å². The lowest BCUT2D eigenvalue weighted by Crippen LogP contribution is -2.52. The van der Waals surface area contributed by atoms with E-state index >= 15 is 0 Å². The minimum atomic E-state index is -1.20. The SMILES string of the molecule is CC(C)(C)OC(=O)N1[C@H](C(=O)O)CCN1C(=O)OCc1ccccc1. The van der Waals surface area contributed by atoms with Crippen molar-refractivity contribution >= 4 is 18.2 Å². The number of ether oxygens (including phenoxy) is 2. The molecule has 0 aliphatic carbocycles. The average molecular weight is 350 g/mol. The maximum absolute atomic E-state index is 12.4. The molecule has 0 unspecified atom stereocenters. The predicted molar refractivity (Wildman–Crippen MR) is 87.4 cm³/mol. The van der Waals surface area contributed by atoms with Crippen LogP contribution in [0.25, 0.3) is 0 Å². The maximum atomic E-state index is 12.4. The van der Waals surface area contributed by atoms with Crippen molar-refractivity contribution in [2.75, 3.05) is 6.54 Å². The quantitative estimate of drug-likeness (QED) is 0.900. The monoisotopic (exact) mass is 350 g/mol. The highest BCUT2D eigenvalue weighted by Gasteiger charge is 2.45. The number of carbonyl (C=O) groups excluding carboxylic acids is 2. The Labute approximate surface area is 145 Å². The van der Waals surface area contributed by atoms with E-state index in [0.717, 1.165) is 15.6 Å². The normalized spacial score (nSPS) is 17.3. The first-order chi connectivity index (χ1) is 11.7. The van der Waals surface area contributed by atoms with Gasteiger partial charge < -0.3 is 14.6 Å². The molecule has 25 heavy (non-hydrogen) atoms. The summed E-state index contributed by atoms with van der Waals surface area (Å²) in [5, 5.41) is 11.1. The second-order valence-corrected chi connectivity index (χ2v) is 6.63. The zero-order valence-corrected chi connectivity index (χ0v) is 14.5. The topological polar surface area (TPSA) is 96.4 Å². The molecule has 0 radical (unpaired) electrons. The molecule has 1 aliphatic rings. The maximum Gasteiger partial charge on any atom is 0.430 e. The van der Waals surface area contributed by atoms with Crippen LogP contribution in [0.5, 0.6) is 0 Å². The Kier molecular flexibility index (Phi) is 5.51. The van der Waals surface area contributed by atoms with Gasteiger partial charge in [-0.15, -0.1) is 0 Å². The minimum absolute atomic E-state index is 0.0239. The second-order valence-electron chi connectivity index (χ2n) is 6.63. The Morgan fingerprint density at radius 1 is 1.16 bits per heavy atom. The smallest absolute Gasteiger partial charge is 0.430 e. The Bertz CT molecular complexity index is 640. The molecule has 1 fully saturated rings. The van der Waals surface area contributed by atoms with Crippen molar-refractivity contribution < 1.29 is 29.0 Å². The van der Waals surface area contributed by atoms with Gasteiger partial charge in [0.15, 0.2) is 6.04 Å². The summed E-state index contributed by atoms with van der Waals surface area (Å²) in [7, 11) is 0. The largest absolute Gasteiger partial charge is 0.480 e. The first-order valence-corrected chi connectivity index (χ1v) is 7.92. The number of amides is 2. The number of rotatable bonds is 3. The number of benzene rings is 1. The van der Waals surface area contributed by atoms with E-state index in [1.54, 1.807) is 32.9 Å². The molecular formula is C17H22N2O6. The molecule has 1 aliphatic heterocycles. The first-order valence-electron chi connectivity index (χ1n) is 7.92. The Morgan fingerprint density at radius 2 is 1.80 bits per heavy atom. The van der Waals surface area contributed by atoms with Crippen molar-refractivity contribution in [2.45, 2.75) is 45.4 Å². The van der Waals surface area contributed by atoms with Crippen molar-refractivity contribution in [1.82, 2.24) is 10.0 Å². The van der Waals surface area contributed by atoms with Crippen LogP contribution in [0.1, 0.15) is 32.8 Å². The van der Waals surface area contributed by atoms with Crippen LogP contribution in [0.3, 0.4) is 0 Å². The molecule has 8 heteroatoms. The highest BCUT2D eigenvalue weighted by molar-refractivity contribution is 5.83. The van der Waals surface area contributed by atoms with E-state index in [1.165, 1.54) is 0 Å². The molecule has 0 saturated carbocycles. The number of carboxylic acids is 1. The van der Waals surface area contributed by atoms with Gasteiger partial charge in [0.2, 0.25) is 0 Å². The molecule has 8 nitrogen and oxygen atoms in total. The molecule has 2 rings (SSSR count). The standard InChI is InChI=1S/C17H22N2O6/c1-17(2,3)25-16(23)19-13(14(20)21)9-10-18(19)15(22)24-11-12-7-5-4-6-8-12/h4-8,13H,9-11H2,1-3H3,(H,20,21)/t13-/m0/s1. The molecule has 1 heterocycles. The lowest BCUT2D eigenvalue weighted by atomic mass is 10.2. The van der Waals surface area contributed by atoms with E-state index in [-0.39, 0.29) is 19.6 Å². The predicted octanol–water partition coefficient (Wildman–Crippen LogP) is 2.63. The Balaban J connectivity index is 2.09. The van der Waals surface area contributed by atoms with Crippen molar-refractivity contribution in [3.8, 4) is 0 Å². The van der Waals surface area contributed by atoms with Gasteiger partial charge in [-0.1, -0.05) is 30.3 Å². The van der Waals surface area contributed by atoms with Gasteiger partial charge in [-0.2, -0.15) is 5.01 Å². The van der Waals surface area contributed by atoms with E-state index in [0.29, 0.717) is 0 Å². The fourth-order valence-corrected chi connectivity index (χ4v) is 2.38. The summed E-state index contributed by atoms with van der Waals surface area (Å²) in [6, 6.07) is 7.89. The van der Waals surface area contributed by atoms with Crippen LogP contribution in [-0.4, -0.2) is 51.5 Å². The number of carbonyl (C=O) groups is 3. The Morgan fingerprint density at radius 3 is 2.36 bits per heavy atom. The molecule has 1 atom stereocenters. The third kappa shape index (κ3) is 4.85. The van der Waals surface area contributed by atoms with Crippen molar-refractivity contribution in [2.24, 2.45) is 0 Å². The first kappa shape index (κ1) is 18.6. The van der Waals surface area contributed by atoms with Crippen molar-refractivity contribution in [1.29, 1.82) is 0 Å². The average Bonchev–Trinajstić information content (AvgIpc) is 2.97. The van der Waals surface area contributed by atoms with Crippen LogP contribution in [0, 0.1) is 0 Å². The van der Waals surface area contributed by atoms with Gasteiger partial charge in [0.25, 0.3) is 0 Å². The van der Waals surface area contributed by atoms with E-state index in [1.807, 2.05) is 18.2 Å². The van der Waals surface area contributed by atoms with Crippen LogP contribution in [0.2, 0.25) is 0 Å². The van der Waals surface area contributed by atoms with E-state index in [4.69, 9.17) is 9.47 Å². The molecule has 0 bridgehead atoms. The van der Waals surface area contributed by atoms with Gasteiger partial charge in [0.1, 0.15) is 12.2 Å². The lowest BCUT2D eigenvalue weighted by molar-refractivity contribution is -0.145. The second kappa shape index (κ2) is 7.42. The number of carboxylic acid groups (broad SMARTS) is 1. The van der Waals surface area contributed by atoms with Crippen LogP contribution in [-0.2, 0) is 20.9 Å². The summed E-state index contributed by atoms with van der Waals surface area (Å²) >= 11 is 0. The third-order valence-electron chi connectivity index (χ3n) is 3.45. The number of hydrogen-bond donors (Lipinski definition) is 1. The number of hydrogen-bond acceptors (Lipinski definition) is 5. The van der Waals surface area contributed by atoms with E-state index < -0.39 is 29.8 Å². The fourth-order valence-electron chi connectivity index (χ4n) is 2.38. The van der Waals surface area contributed by atoms with Crippen molar-refractivity contribution in [3.05, 3.63) is 35.9 Å². The summed E-state index contributed by atoms with van der Waals surface area (Å²) in [4.78, 5) is 36.1. The van der Waals surface area contributed by atoms with Gasteiger partial charge in [-0.05, 0) is 26.3 Å². The molecule has 136 valence electrons.